The molecule has 0 N–H and O–H groups in total. The molecule has 1 aromatic carbocycles. The minimum atomic E-state index is -0.481. The first-order valence-electron chi connectivity index (χ1n) is 4.57. The van der Waals surface area contributed by atoms with Crippen molar-refractivity contribution >= 4 is 11.6 Å². The molecule has 1 aromatic rings. The fourth-order valence-electron chi connectivity index (χ4n) is 1.40. The number of hydrogen-bond acceptors (Lipinski definition) is 0. The van der Waals surface area contributed by atoms with Crippen molar-refractivity contribution in [3.05, 3.63) is 35.4 Å². The van der Waals surface area contributed by atoms with Crippen molar-refractivity contribution in [3.63, 3.8) is 0 Å². The largest absolute Gasteiger partial charge is 0.207 e. The van der Waals surface area contributed by atoms with Crippen LogP contribution in [0, 0.1) is 29.9 Å². The first kappa shape index (κ1) is 12.0. The van der Waals surface area contributed by atoms with Gasteiger partial charge in [-0.3, -0.25) is 0 Å². The summed E-state index contributed by atoms with van der Waals surface area (Å²) >= 11 is 5.72. The van der Waals surface area contributed by atoms with Crippen LogP contribution in [0.2, 0.25) is 0 Å². The SMILES string of the molecule is C#C[C@H](C)C(CCl)c1cc(F)ccc1F. The molecule has 0 saturated heterocycles. The first-order valence-corrected chi connectivity index (χ1v) is 5.10. The number of halogens is 3. The summed E-state index contributed by atoms with van der Waals surface area (Å²) in [7, 11) is 0. The zero-order valence-electron chi connectivity index (χ0n) is 8.31. The third-order valence-electron chi connectivity index (χ3n) is 2.39. The van der Waals surface area contributed by atoms with E-state index in [0.717, 1.165) is 18.2 Å². The van der Waals surface area contributed by atoms with E-state index in [4.69, 9.17) is 18.0 Å². The number of benzene rings is 1. The zero-order valence-corrected chi connectivity index (χ0v) is 9.06. The van der Waals surface area contributed by atoms with Crippen molar-refractivity contribution in [2.45, 2.75) is 12.8 Å². The lowest BCUT2D eigenvalue weighted by Crippen LogP contribution is -2.12. The fourth-order valence-corrected chi connectivity index (χ4v) is 1.83. The highest BCUT2D eigenvalue weighted by Gasteiger charge is 2.20. The maximum Gasteiger partial charge on any atom is 0.126 e. The molecule has 0 nitrogen and oxygen atoms in total. The third kappa shape index (κ3) is 2.70. The summed E-state index contributed by atoms with van der Waals surface area (Å²) in [6.45, 7) is 1.76. The molecule has 0 fully saturated rings. The van der Waals surface area contributed by atoms with E-state index in [9.17, 15) is 8.78 Å². The van der Waals surface area contributed by atoms with E-state index >= 15 is 0 Å². The van der Waals surface area contributed by atoms with Crippen molar-refractivity contribution in [2.75, 3.05) is 5.88 Å². The number of alkyl halides is 1. The molecule has 1 unspecified atom stereocenters. The molecule has 15 heavy (non-hydrogen) atoms. The van der Waals surface area contributed by atoms with Crippen LogP contribution in [-0.2, 0) is 0 Å². The summed E-state index contributed by atoms with van der Waals surface area (Å²) < 4.78 is 26.4. The Bertz CT molecular complexity index is 382. The molecule has 0 bridgehead atoms. The molecular weight excluding hydrogens is 218 g/mol. The highest BCUT2D eigenvalue weighted by molar-refractivity contribution is 6.18. The molecular formula is C12H11ClF2. The third-order valence-corrected chi connectivity index (χ3v) is 2.72. The summed E-state index contributed by atoms with van der Waals surface area (Å²) in [5, 5.41) is 0. The molecule has 0 aliphatic heterocycles. The summed E-state index contributed by atoms with van der Waals surface area (Å²) in [6, 6.07) is 3.31. The lowest BCUT2D eigenvalue weighted by atomic mass is 9.89. The number of terminal acetylenes is 1. The van der Waals surface area contributed by atoms with Gasteiger partial charge in [0.25, 0.3) is 0 Å². The van der Waals surface area contributed by atoms with Crippen LogP contribution in [0.1, 0.15) is 18.4 Å². The molecule has 2 atom stereocenters. The molecule has 0 spiro atoms. The van der Waals surface area contributed by atoms with Crippen LogP contribution >= 0.6 is 11.6 Å². The van der Waals surface area contributed by atoms with Crippen molar-refractivity contribution in [3.8, 4) is 12.3 Å². The zero-order chi connectivity index (χ0) is 11.4. The van der Waals surface area contributed by atoms with E-state index in [1.807, 2.05) is 0 Å². The topological polar surface area (TPSA) is 0 Å². The monoisotopic (exact) mass is 228 g/mol. The van der Waals surface area contributed by atoms with Crippen LogP contribution in [0.15, 0.2) is 18.2 Å². The Morgan fingerprint density at radius 3 is 2.67 bits per heavy atom. The molecule has 0 aromatic heterocycles. The van der Waals surface area contributed by atoms with Crippen LogP contribution < -0.4 is 0 Å². The van der Waals surface area contributed by atoms with E-state index in [-0.39, 0.29) is 23.3 Å². The van der Waals surface area contributed by atoms with Gasteiger partial charge >= 0.3 is 0 Å². The van der Waals surface area contributed by atoms with Crippen LogP contribution in [0.25, 0.3) is 0 Å². The van der Waals surface area contributed by atoms with Crippen LogP contribution in [0.5, 0.6) is 0 Å². The molecule has 1 rings (SSSR count). The quantitative estimate of drug-likeness (QED) is 0.548. The van der Waals surface area contributed by atoms with Gasteiger partial charge in [-0.2, -0.15) is 0 Å². The lowest BCUT2D eigenvalue weighted by Gasteiger charge is -2.18. The smallest absolute Gasteiger partial charge is 0.126 e. The molecule has 0 amide bonds. The van der Waals surface area contributed by atoms with Gasteiger partial charge in [0.2, 0.25) is 0 Å². The Morgan fingerprint density at radius 2 is 2.13 bits per heavy atom. The maximum atomic E-state index is 13.4. The Labute approximate surface area is 93.3 Å². The highest BCUT2D eigenvalue weighted by atomic mass is 35.5. The highest BCUT2D eigenvalue weighted by Crippen LogP contribution is 2.28. The van der Waals surface area contributed by atoms with Gasteiger partial charge in [-0.1, -0.05) is 6.92 Å². The van der Waals surface area contributed by atoms with Crippen LogP contribution in [0.3, 0.4) is 0 Å². The average Bonchev–Trinajstić information content (AvgIpc) is 2.23. The van der Waals surface area contributed by atoms with Crippen molar-refractivity contribution in [1.29, 1.82) is 0 Å². The van der Waals surface area contributed by atoms with Gasteiger partial charge in [0, 0.05) is 17.7 Å². The van der Waals surface area contributed by atoms with Crippen molar-refractivity contribution in [2.24, 2.45) is 5.92 Å². The maximum absolute atomic E-state index is 13.4. The van der Waals surface area contributed by atoms with E-state index in [1.165, 1.54) is 0 Å². The molecule has 0 saturated carbocycles. The normalized spacial score (nSPS) is 14.3. The van der Waals surface area contributed by atoms with Gasteiger partial charge in [-0.05, 0) is 23.8 Å². The second-order valence-corrected chi connectivity index (χ2v) is 3.69. The lowest BCUT2D eigenvalue weighted by molar-refractivity contribution is 0.536. The summed E-state index contributed by atoms with van der Waals surface area (Å²) in [6.07, 6.45) is 5.25. The number of hydrogen-bond donors (Lipinski definition) is 0. The summed E-state index contributed by atoms with van der Waals surface area (Å²) in [5.74, 6) is 1.13. The Hall–Kier alpha value is -1.07. The van der Waals surface area contributed by atoms with Gasteiger partial charge < -0.3 is 0 Å². The standard InChI is InChI=1S/C12H11ClF2/c1-3-8(2)11(7-13)10-6-9(14)4-5-12(10)15/h1,4-6,8,11H,7H2,2H3/t8-,11?/m0/s1. The van der Waals surface area contributed by atoms with Crippen LogP contribution in [0.4, 0.5) is 8.78 Å². The summed E-state index contributed by atoms with van der Waals surface area (Å²) in [5.41, 5.74) is 0.246. The Morgan fingerprint density at radius 1 is 1.47 bits per heavy atom. The van der Waals surface area contributed by atoms with Gasteiger partial charge in [0.15, 0.2) is 0 Å². The van der Waals surface area contributed by atoms with Gasteiger partial charge in [0.05, 0.1) is 0 Å². The van der Waals surface area contributed by atoms with Gasteiger partial charge in [-0.15, -0.1) is 23.9 Å². The molecule has 0 aliphatic rings. The van der Waals surface area contributed by atoms with E-state index in [0.29, 0.717) is 0 Å². The van der Waals surface area contributed by atoms with Gasteiger partial charge in [-0.25, -0.2) is 8.78 Å². The summed E-state index contributed by atoms with van der Waals surface area (Å²) in [4.78, 5) is 0. The fraction of sp³-hybridized carbons (Fsp3) is 0.333. The second kappa shape index (κ2) is 5.14. The van der Waals surface area contributed by atoms with Crippen molar-refractivity contribution in [1.82, 2.24) is 0 Å². The van der Waals surface area contributed by atoms with E-state index in [2.05, 4.69) is 5.92 Å². The first-order chi connectivity index (χ1) is 7.10. The Balaban J connectivity index is 3.12. The van der Waals surface area contributed by atoms with Crippen molar-refractivity contribution < 1.29 is 8.78 Å². The minimum absolute atomic E-state index is 0.172. The predicted molar refractivity (Wildman–Crippen MR) is 57.8 cm³/mol. The van der Waals surface area contributed by atoms with E-state index < -0.39 is 11.6 Å². The molecule has 0 aliphatic carbocycles. The second-order valence-electron chi connectivity index (χ2n) is 3.38. The minimum Gasteiger partial charge on any atom is -0.207 e. The molecule has 80 valence electrons. The van der Waals surface area contributed by atoms with Gasteiger partial charge in [0.1, 0.15) is 11.6 Å². The molecule has 0 heterocycles. The Kier molecular flexibility index (Phi) is 4.11. The predicted octanol–water partition coefficient (Wildman–Crippen LogP) is 3.56. The van der Waals surface area contributed by atoms with Crippen LogP contribution in [-0.4, -0.2) is 5.88 Å². The van der Waals surface area contributed by atoms with E-state index in [1.54, 1.807) is 6.92 Å². The average molecular weight is 229 g/mol. The molecule has 0 radical (unpaired) electrons. The number of rotatable bonds is 3. The molecule has 3 heteroatoms.